The first kappa shape index (κ1) is 12.2. The van der Waals surface area contributed by atoms with Crippen LogP contribution in [-0.2, 0) is 0 Å². The quantitative estimate of drug-likeness (QED) is 0.768. The lowest BCUT2D eigenvalue weighted by atomic mass is 10.1. The van der Waals surface area contributed by atoms with E-state index in [0.29, 0.717) is 0 Å². The molecule has 6 heteroatoms. The van der Waals surface area contributed by atoms with Gasteiger partial charge < -0.3 is 4.74 Å². The summed E-state index contributed by atoms with van der Waals surface area (Å²) in [4.78, 5) is 11.0. The van der Waals surface area contributed by atoms with Gasteiger partial charge in [-0.05, 0) is 19.1 Å². The Morgan fingerprint density at radius 2 is 1.93 bits per heavy atom. The number of carbonyl (C=O) groups is 1. The molecule has 2 nitrogen and oxygen atoms in total. The number of rotatable bonds is 3. The van der Waals surface area contributed by atoms with Gasteiger partial charge in [-0.15, -0.1) is 0 Å². The molecule has 0 amide bonds. The molecule has 0 aromatic heterocycles. The highest BCUT2D eigenvalue weighted by molar-refractivity contribution is 6.37. The van der Waals surface area contributed by atoms with Crippen LogP contribution in [0.1, 0.15) is 17.3 Å². The molecule has 0 aliphatic rings. The number of alkyl halides is 2. The minimum absolute atomic E-state index is 0.0645. The Hall–Kier alpha value is -0.870. The van der Waals surface area contributed by atoms with E-state index in [1.807, 2.05) is 0 Å². The van der Waals surface area contributed by atoms with Gasteiger partial charge >= 0.3 is 6.61 Å². The normalized spacial score (nSPS) is 10.5. The number of ether oxygens (including phenoxy) is 1. The molecule has 1 aromatic rings. The molecule has 0 bridgehead atoms. The molecule has 0 atom stereocenters. The van der Waals surface area contributed by atoms with E-state index >= 15 is 0 Å². The summed E-state index contributed by atoms with van der Waals surface area (Å²) in [7, 11) is 0. The van der Waals surface area contributed by atoms with Crippen molar-refractivity contribution in [2.75, 3.05) is 0 Å². The molecule has 1 rings (SSSR count). The van der Waals surface area contributed by atoms with Crippen molar-refractivity contribution >= 4 is 29.0 Å². The summed E-state index contributed by atoms with van der Waals surface area (Å²) in [6.07, 6.45) is 0. The molecule has 0 fully saturated rings. The zero-order chi connectivity index (χ0) is 11.6. The van der Waals surface area contributed by atoms with Gasteiger partial charge in [0.05, 0.1) is 10.0 Å². The zero-order valence-corrected chi connectivity index (χ0v) is 9.07. The van der Waals surface area contributed by atoms with E-state index in [1.54, 1.807) is 0 Å². The van der Waals surface area contributed by atoms with E-state index < -0.39 is 6.61 Å². The predicted octanol–water partition coefficient (Wildman–Crippen LogP) is 3.80. The molecule has 0 unspecified atom stereocenters. The number of halogens is 4. The molecule has 0 saturated carbocycles. The number of hydrogen-bond donors (Lipinski definition) is 0. The molecule has 0 aliphatic carbocycles. The van der Waals surface area contributed by atoms with Crippen LogP contribution in [0.2, 0.25) is 10.0 Å². The molecule has 0 N–H and O–H groups in total. The smallest absolute Gasteiger partial charge is 0.387 e. The summed E-state index contributed by atoms with van der Waals surface area (Å²) >= 11 is 11.3. The van der Waals surface area contributed by atoms with E-state index in [-0.39, 0.29) is 27.1 Å². The van der Waals surface area contributed by atoms with Crippen LogP contribution in [0.3, 0.4) is 0 Å². The molecular weight excluding hydrogens is 249 g/mol. The van der Waals surface area contributed by atoms with Crippen LogP contribution in [0.25, 0.3) is 0 Å². The summed E-state index contributed by atoms with van der Waals surface area (Å²) in [6.45, 7) is -1.73. The second-order valence-corrected chi connectivity index (χ2v) is 3.51. The van der Waals surface area contributed by atoms with Crippen molar-refractivity contribution in [3.63, 3.8) is 0 Å². The van der Waals surface area contributed by atoms with Gasteiger partial charge in [0.25, 0.3) is 0 Å². The van der Waals surface area contributed by atoms with Crippen LogP contribution in [0.5, 0.6) is 5.75 Å². The third kappa shape index (κ3) is 3.04. The molecule has 1 aromatic carbocycles. The molecule has 0 heterocycles. The Labute approximate surface area is 94.7 Å². The first-order valence-corrected chi connectivity index (χ1v) is 4.62. The van der Waals surface area contributed by atoms with Crippen molar-refractivity contribution in [3.8, 4) is 5.75 Å². The predicted molar refractivity (Wildman–Crippen MR) is 53.1 cm³/mol. The number of Topliss-reactive ketones (excluding diaryl/α,β-unsaturated/α-hetero) is 1. The number of hydrogen-bond acceptors (Lipinski definition) is 2. The van der Waals surface area contributed by atoms with Crippen LogP contribution in [0.15, 0.2) is 12.1 Å². The van der Waals surface area contributed by atoms with E-state index in [1.165, 1.54) is 13.0 Å². The van der Waals surface area contributed by atoms with Crippen LogP contribution >= 0.6 is 23.2 Å². The van der Waals surface area contributed by atoms with Crippen molar-refractivity contribution < 1.29 is 18.3 Å². The minimum Gasteiger partial charge on any atom is -0.433 e. The summed E-state index contributed by atoms with van der Waals surface area (Å²) in [6, 6.07) is 2.29. The largest absolute Gasteiger partial charge is 0.433 e. The highest BCUT2D eigenvalue weighted by atomic mass is 35.5. The van der Waals surface area contributed by atoms with Gasteiger partial charge in [0.15, 0.2) is 5.78 Å². The van der Waals surface area contributed by atoms with Crippen LogP contribution in [-0.4, -0.2) is 12.4 Å². The van der Waals surface area contributed by atoms with Crippen molar-refractivity contribution in [2.45, 2.75) is 13.5 Å². The maximum Gasteiger partial charge on any atom is 0.387 e. The van der Waals surface area contributed by atoms with Gasteiger partial charge in [-0.25, -0.2) is 0 Å². The Balaban J connectivity index is 3.17. The van der Waals surface area contributed by atoms with E-state index in [2.05, 4.69) is 4.74 Å². The van der Waals surface area contributed by atoms with Crippen molar-refractivity contribution in [1.29, 1.82) is 0 Å². The maximum absolute atomic E-state index is 11.9. The number of carbonyl (C=O) groups excluding carboxylic acids is 1. The Kier molecular flexibility index (Phi) is 3.88. The topological polar surface area (TPSA) is 26.3 Å². The third-order valence-electron chi connectivity index (χ3n) is 1.62. The zero-order valence-electron chi connectivity index (χ0n) is 7.56. The SMILES string of the molecule is CC(=O)c1cc(OC(F)F)c(Cl)cc1Cl. The molecule has 82 valence electrons. The molecule has 0 aliphatic heterocycles. The lowest BCUT2D eigenvalue weighted by Gasteiger charge is -2.08. The Bertz CT molecular complexity index is 394. The van der Waals surface area contributed by atoms with Gasteiger partial charge in [0.1, 0.15) is 5.75 Å². The lowest BCUT2D eigenvalue weighted by Crippen LogP contribution is -2.04. The monoisotopic (exact) mass is 254 g/mol. The van der Waals surface area contributed by atoms with Crippen molar-refractivity contribution in [2.24, 2.45) is 0 Å². The summed E-state index contributed by atoms with van der Waals surface area (Å²) < 4.78 is 28.0. The average Bonchev–Trinajstić information content (AvgIpc) is 2.08. The van der Waals surface area contributed by atoms with Crippen molar-refractivity contribution in [3.05, 3.63) is 27.7 Å². The highest BCUT2D eigenvalue weighted by Gasteiger charge is 2.14. The molecule has 0 saturated heterocycles. The van der Waals surface area contributed by atoms with Gasteiger partial charge in [-0.2, -0.15) is 8.78 Å². The second kappa shape index (κ2) is 4.77. The van der Waals surface area contributed by atoms with Crippen LogP contribution in [0, 0.1) is 0 Å². The minimum atomic E-state index is -3.00. The van der Waals surface area contributed by atoms with Gasteiger partial charge in [0.2, 0.25) is 0 Å². The van der Waals surface area contributed by atoms with Crippen LogP contribution < -0.4 is 4.74 Å². The number of benzene rings is 1. The molecular formula is C9H6Cl2F2O2. The number of ketones is 1. The fourth-order valence-electron chi connectivity index (χ4n) is 0.985. The van der Waals surface area contributed by atoms with E-state index in [9.17, 15) is 13.6 Å². The molecule has 0 radical (unpaired) electrons. The maximum atomic E-state index is 11.9. The Morgan fingerprint density at radius 3 is 2.40 bits per heavy atom. The third-order valence-corrected chi connectivity index (χ3v) is 2.22. The van der Waals surface area contributed by atoms with Gasteiger partial charge in [0, 0.05) is 5.56 Å². The molecule has 0 spiro atoms. The summed E-state index contributed by atoms with van der Waals surface area (Å²) in [5.74, 6) is -0.614. The second-order valence-electron chi connectivity index (χ2n) is 2.70. The van der Waals surface area contributed by atoms with Crippen molar-refractivity contribution in [1.82, 2.24) is 0 Å². The van der Waals surface area contributed by atoms with E-state index in [0.717, 1.165) is 6.07 Å². The van der Waals surface area contributed by atoms with Gasteiger partial charge in [-0.1, -0.05) is 23.2 Å². The summed E-state index contributed by atoms with van der Waals surface area (Å²) in [5.41, 5.74) is 0.0942. The van der Waals surface area contributed by atoms with Crippen LogP contribution in [0.4, 0.5) is 8.78 Å². The fourth-order valence-corrected chi connectivity index (χ4v) is 1.55. The summed E-state index contributed by atoms with van der Waals surface area (Å²) in [5, 5.41) is 0.0411. The molecule has 15 heavy (non-hydrogen) atoms. The first-order chi connectivity index (χ1) is 6.91. The Morgan fingerprint density at radius 1 is 1.33 bits per heavy atom. The lowest BCUT2D eigenvalue weighted by molar-refractivity contribution is -0.0498. The highest BCUT2D eigenvalue weighted by Crippen LogP contribution is 2.32. The standard InChI is InChI=1S/C9H6Cl2F2O2/c1-4(14)5-2-8(15-9(12)13)7(11)3-6(5)10/h2-3,9H,1H3. The fraction of sp³-hybridized carbons (Fsp3) is 0.222. The van der Waals surface area contributed by atoms with E-state index in [4.69, 9.17) is 23.2 Å². The first-order valence-electron chi connectivity index (χ1n) is 3.86. The van der Waals surface area contributed by atoms with Gasteiger partial charge in [-0.3, -0.25) is 4.79 Å². The average molecular weight is 255 g/mol.